The molecular formula is C20H29N3O. The molecule has 1 heterocycles. The first-order valence-corrected chi connectivity index (χ1v) is 9.13. The van der Waals surface area contributed by atoms with Crippen molar-refractivity contribution in [1.82, 2.24) is 15.3 Å². The van der Waals surface area contributed by atoms with Crippen molar-refractivity contribution < 1.29 is 4.79 Å². The summed E-state index contributed by atoms with van der Waals surface area (Å²) in [4.78, 5) is 14.7. The highest BCUT2D eigenvalue weighted by Crippen LogP contribution is 2.33. The maximum Gasteiger partial charge on any atom is 0.261 e. The Labute approximate surface area is 145 Å². The SMILES string of the molecule is CN(C)CCCN1NC(=O)C2=C(CCCC2)C1Cc1ccccc1. The molecule has 2 aliphatic rings. The fraction of sp³-hybridized carbons (Fsp3) is 0.550. The first kappa shape index (κ1) is 17.2. The van der Waals surface area contributed by atoms with E-state index in [0.29, 0.717) is 6.04 Å². The zero-order valence-corrected chi connectivity index (χ0v) is 14.9. The molecule has 4 heteroatoms. The van der Waals surface area contributed by atoms with Gasteiger partial charge in [-0.2, -0.15) is 0 Å². The Bertz CT molecular complexity index is 594. The van der Waals surface area contributed by atoms with E-state index < -0.39 is 0 Å². The molecule has 130 valence electrons. The molecule has 1 N–H and O–H groups in total. The molecule has 1 aromatic carbocycles. The zero-order valence-electron chi connectivity index (χ0n) is 14.9. The van der Waals surface area contributed by atoms with Crippen molar-refractivity contribution in [3.63, 3.8) is 0 Å². The minimum absolute atomic E-state index is 0.138. The van der Waals surface area contributed by atoms with E-state index >= 15 is 0 Å². The van der Waals surface area contributed by atoms with Crippen LogP contribution in [-0.2, 0) is 11.2 Å². The van der Waals surface area contributed by atoms with Gasteiger partial charge in [-0.1, -0.05) is 30.3 Å². The Kier molecular flexibility index (Phi) is 5.69. The number of hydrogen-bond donors (Lipinski definition) is 1. The van der Waals surface area contributed by atoms with Crippen molar-refractivity contribution >= 4 is 5.91 Å². The second-order valence-corrected chi connectivity index (χ2v) is 7.21. The Balaban J connectivity index is 1.81. The number of nitrogens with zero attached hydrogens (tertiary/aromatic N) is 2. The second-order valence-electron chi connectivity index (χ2n) is 7.21. The number of benzene rings is 1. The molecule has 3 rings (SSSR count). The van der Waals surface area contributed by atoms with Gasteiger partial charge in [-0.05, 0) is 70.3 Å². The molecule has 24 heavy (non-hydrogen) atoms. The van der Waals surface area contributed by atoms with Crippen LogP contribution in [0.15, 0.2) is 41.5 Å². The van der Waals surface area contributed by atoms with E-state index in [1.165, 1.54) is 17.6 Å². The van der Waals surface area contributed by atoms with Gasteiger partial charge in [-0.25, -0.2) is 5.01 Å². The van der Waals surface area contributed by atoms with Gasteiger partial charge in [0.2, 0.25) is 0 Å². The van der Waals surface area contributed by atoms with Gasteiger partial charge in [0.05, 0.1) is 6.04 Å². The van der Waals surface area contributed by atoms with Crippen LogP contribution >= 0.6 is 0 Å². The van der Waals surface area contributed by atoms with Crippen LogP contribution in [0.1, 0.15) is 37.7 Å². The van der Waals surface area contributed by atoms with Gasteiger partial charge in [0.1, 0.15) is 0 Å². The van der Waals surface area contributed by atoms with Crippen molar-refractivity contribution in [3.8, 4) is 0 Å². The fourth-order valence-corrected chi connectivity index (χ4v) is 3.86. The molecule has 0 bridgehead atoms. The third-order valence-electron chi connectivity index (χ3n) is 5.08. The van der Waals surface area contributed by atoms with Crippen LogP contribution in [0.25, 0.3) is 0 Å². The lowest BCUT2D eigenvalue weighted by Gasteiger charge is -2.41. The van der Waals surface area contributed by atoms with E-state index in [1.807, 2.05) is 0 Å². The first-order chi connectivity index (χ1) is 11.6. The van der Waals surface area contributed by atoms with Crippen LogP contribution in [-0.4, -0.2) is 49.0 Å². The first-order valence-electron chi connectivity index (χ1n) is 9.13. The number of amides is 1. The molecule has 0 saturated carbocycles. The molecule has 1 aromatic rings. The zero-order chi connectivity index (χ0) is 16.9. The molecule has 0 fully saturated rings. The molecule has 1 aliphatic heterocycles. The molecule has 1 amide bonds. The molecule has 0 radical (unpaired) electrons. The molecule has 4 nitrogen and oxygen atoms in total. The Morgan fingerprint density at radius 1 is 1.17 bits per heavy atom. The maximum atomic E-state index is 12.5. The summed E-state index contributed by atoms with van der Waals surface area (Å²) in [5.41, 5.74) is 6.97. The fourth-order valence-electron chi connectivity index (χ4n) is 3.86. The summed E-state index contributed by atoms with van der Waals surface area (Å²) in [5.74, 6) is 0.138. The topological polar surface area (TPSA) is 35.6 Å². The van der Waals surface area contributed by atoms with E-state index in [0.717, 1.165) is 50.8 Å². The largest absolute Gasteiger partial charge is 0.309 e. The minimum atomic E-state index is 0.138. The van der Waals surface area contributed by atoms with Crippen LogP contribution in [0, 0.1) is 0 Å². The van der Waals surface area contributed by atoms with Crippen molar-refractivity contribution in [2.24, 2.45) is 0 Å². The van der Waals surface area contributed by atoms with E-state index in [4.69, 9.17) is 0 Å². The predicted molar refractivity (Wildman–Crippen MR) is 97.4 cm³/mol. The summed E-state index contributed by atoms with van der Waals surface area (Å²) in [7, 11) is 4.19. The van der Waals surface area contributed by atoms with Gasteiger partial charge in [-0.3, -0.25) is 10.2 Å². The van der Waals surface area contributed by atoms with Crippen molar-refractivity contribution in [3.05, 3.63) is 47.0 Å². The monoisotopic (exact) mass is 327 g/mol. The van der Waals surface area contributed by atoms with Gasteiger partial charge in [0.15, 0.2) is 0 Å². The van der Waals surface area contributed by atoms with Crippen LogP contribution in [0.2, 0.25) is 0 Å². The maximum absolute atomic E-state index is 12.5. The summed E-state index contributed by atoms with van der Waals surface area (Å²) in [6.45, 7) is 1.94. The van der Waals surface area contributed by atoms with Gasteiger partial charge < -0.3 is 4.90 Å². The lowest BCUT2D eigenvalue weighted by molar-refractivity contribution is -0.124. The summed E-state index contributed by atoms with van der Waals surface area (Å²) >= 11 is 0. The Morgan fingerprint density at radius 2 is 1.92 bits per heavy atom. The highest BCUT2D eigenvalue weighted by Gasteiger charge is 2.34. The van der Waals surface area contributed by atoms with Gasteiger partial charge in [0.25, 0.3) is 5.91 Å². The molecule has 1 unspecified atom stereocenters. The molecule has 1 atom stereocenters. The Morgan fingerprint density at radius 3 is 2.67 bits per heavy atom. The average molecular weight is 327 g/mol. The third kappa shape index (κ3) is 4.05. The summed E-state index contributed by atoms with van der Waals surface area (Å²) in [6.07, 6.45) is 6.40. The van der Waals surface area contributed by atoms with Crippen LogP contribution in [0.4, 0.5) is 0 Å². The minimum Gasteiger partial charge on any atom is -0.309 e. The summed E-state index contributed by atoms with van der Waals surface area (Å²) in [6, 6.07) is 11.0. The van der Waals surface area contributed by atoms with Gasteiger partial charge in [-0.15, -0.1) is 0 Å². The average Bonchev–Trinajstić information content (AvgIpc) is 2.59. The van der Waals surface area contributed by atoms with E-state index in [1.54, 1.807) is 0 Å². The Hall–Kier alpha value is -1.65. The van der Waals surface area contributed by atoms with E-state index in [-0.39, 0.29) is 5.91 Å². The molecule has 0 aromatic heterocycles. The van der Waals surface area contributed by atoms with E-state index in [2.05, 4.69) is 59.8 Å². The standard InChI is InChI=1S/C20H29N3O/c1-22(2)13-8-14-23-19(15-16-9-4-3-5-10-16)17-11-6-7-12-18(17)20(24)21-23/h3-5,9-10,19H,6-8,11-15H2,1-2H3,(H,21,24). The van der Waals surface area contributed by atoms with Crippen LogP contribution < -0.4 is 5.43 Å². The third-order valence-corrected chi connectivity index (χ3v) is 5.08. The quantitative estimate of drug-likeness (QED) is 0.873. The van der Waals surface area contributed by atoms with Crippen molar-refractivity contribution in [2.45, 2.75) is 44.6 Å². The van der Waals surface area contributed by atoms with Gasteiger partial charge >= 0.3 is 0 Å². The van der Waals surface area contributed by atoms with E-state index in [9.17, 15) is 4.79 Å². The molecule has 0 spiro atoms. The number of rotatable bonds is 6. The number of hydrazine groups is 1. The van der Waals surface area contributed by atoms with Crippen LogP contribution in [0.3, 0.4) is 0 Å². The molecule has 1 aliphatic carbocycles. The number of nitrogens with one attached hydrogen (secondary N) is 1. The molecule has 0 saturated heterocycles. The number of carbonyl (C=O) groups is 1. The second kappa shape index (κ2) is 7.95. The van der Waals surface area contributed by atoms with Crippen LogP contribution in [0.5, 0.6) is 0 Å². The smallest absolute Gasteiger partial charge is 0.261 e. The van der Waals surface area contributed by atoms with Crippen molar-refractivity contribution in [1.29, 1.82) is 0 Å². The van der Waals surface area contributed by atoms with Crippen molar-refractivity contribution in [2.75, 3.05) is 27.2 Å². The highest BCUT2D eigenvalue weighted by molar-refractivity contribution is 5.95. The number of carbonyl (C=O) groups excluding carboxylic acids is 1. The predicted octanol–water partition coefficient (Wildman–Crippen LogP) is 2.77. The summed E-state index contributed by atoms with van der Waals surface area (Å²) in [5, 5.41) is 2.20. The normalized spacial score (nSPS) is 21.8. The lowest BCUT2D eigenvalue weighted by atomic mass is 9.83. The highest BCUT2D eigenvalue weighted by atomic mass is 16.2. The summed E-state index contributed by atoms with van der Waals surface area (Å²) < 4.78 is 0. The molecular weight excluding hydrogens is 298 g/mol. The lowest BCUT2D eigenvalue weighted by Crippen LogP contribution is -2.55. The number of hydrogen-bond acceptors (Lipinski definition) is 3. The van der Waals surface area contributed by atoms with Gasteiger partial charge in [0, 0.05) is 12.1 Å².